The first-order valence-electron chi connectivity index (χ1n) is 6.66. The largest absolute Gasteiger partial charge is 0.384 e. The molecule has 0 saturated carbocycles. The summed E-state index contributed by atoms with van der Waals surface area (Å²) >= 11 is 0. The zero-order valence-electron chi connectivity index (χ0n) is 11.1. The van der Waals surface area contributed by atoms with Crippen molar-refractivity contribution >= 4 is 0 Å². The Kier molecular flexibility index (Phi) is 4.68. The molecule has 2 atom stereocenters. The van der Waals surface area contributed by atoms with Crippen LogP contribution >= 0.6 is 0 Å². The Labute approximate surface area is 108 Å². The third-order valence-electron chi connectivity index (χ3n) is 3.36. The molecule has 2 unspecified atom stereocenters. The monoisotopic (exact) mass is 254 g/mol. The summed E-state index contributed by atoms with van der Waals surface area (Å²) in [6.07, 6.45) is 1.76. The van der Waals surface area contributed by atoms with Crippen LogP contribution in [0.4, 0.5) is 0 Å². The number of hydrogen-bond acceptors (Lipinski definition) is 5. The van der Waals surface area contributed by atoms with Crippen molar-refractivity contribution in [2.45, 2.75) is 39.0 Å². The number of aromatic nitrogens is 3. The second-order valence-electron chi connectivity index (χ2n) is 4.63. The lowest BCUT2D eigenvalue weighted by Crippen LogP contribution is -2.45. The summed E-state index contributed by atoms with van der Waals surface area (Å²) < 4.78 is 7.43. The van der Waals surface area contributed by atoms with Crippen LogP contribution in [-0.4, -0.2) is 57.3 Å². The molecule has 18 heavy (non-hydrogen) atoms. The van der Waals surface area contributed by atoms with E-state index in [2.05, 4.69) is 29.1 Å². The van der Waals surface area contributed by atoms with Gasteiger partial charge in [-0.05, 0) is 13.0 Å². The summed E-state index contributed by atoms with van der Waals surface area (Å²) in [5, 5.41) is 18.3. The standard InChI is InChI=1S/C12H22N4O2/c1-3-5-16-10(8-13-14-16)12(17)11-9-15(4-2)6-7-18-11/h8,11-12,17H,3-7,9H2,1-2H3. The normalized spacial score (nSPS) is 23.2. The topological polar surface area (TPSA) is 63.4 Å². The highest BCUT2D eigenvalue weighted by molar-refractivity contribution is 5.02. The molecule has 102 valence electrons. The molecule has 1 N–H and O–H groups in total. The molecule has 2 heterocycles. The van der Waals surface area contributed by atoms with Crippen molar-refractivity contribution in [3.8, 4) is 0 Å². The van der Waals surface area contributed by atoms with E-state index in [4.69, 9.17) is 4.74 Å². The summed E-state index contributed by atoms with van der Waals surface area (Å²) in [5.41, 5.74) is 0.750. The molecule has 1 aliphatic rings. The van der Waals surface area contributed by atoms with E-state index in [1.165, 1.54) is 0 Å². The number of aryl methyl sites for hydroxylation is 1. The van der Waals surface area contributed by atoms with Crippen LogP contribution in [0.2, 0.25) is 0 Å². The summed E-state index contributed by atoms with van der Waals surface area (Å²) in [7, 11) is 0. The molecule has 1 saturated heterocycles. The van der Waals surface area contributed by atoms with Crippen LogP contribution in [0.25, 0.3) is 0 Å². The van der Waals surface area contributed by atoms with Gasteiger partial charge in [-0.2, -0.15) is 0 Å². The molecule has 1 aromatic rings. The Morgan fingerprint density at radius 2 is 2.39 bits per heavy atom. The number of hydrogen-bond donors (Lipinski definition) is 1. The lowest BCUT2D eigenvalue weighted by atomic mass is 10.1. The minimum Gasteiger partial charge on any atom is -0.384 e. The van der Waals surface area contributed by atoms with Crippen molar-refractivity contribution in [3.63, 3.8) is 0 Å². The number of aliphatic hydroxyl groups excluding tert-OH is 1. The molecule has 1 aliphatic heterocycles. The van der Waals surface area contributed by atoms with Crippen molar-refractivity contribution < 1.29 is 9.84 Å². The predicted molar refractivity (Wildman–Crippen MR) is 67.1 cm³/mol. The molecule has 6 nitrogen and oxygen atoms in total. The first kappa shape index (κ1) is 13.5. The van der Waals surface area contributed by atoms with Crippen LogP contribution in [0.15, 0.2) is 6.20 Å². The third-order valence-corrected chi connectivity index (χ3v) is 3.36. The van der Waals surface area contributed by atoms with Crippen molar-refractivity contribution in [3.05, 3.63) is 11.9 Å². The fourth-order valence-corrected chi connectivity index (χ4v) is 2.28. The van der Waals surface area contributed by atoms with Gasteiger partial charge in [0.05, 0.1) is 18.5 Å². The van der Waals surface area contributed by atoms with Gasteiger partial charge in [0.1, 0.15) is 12.2 Å². The fourth-order valence-electron chi connectivity index (χ4n) is 2.28. The van der Waals surface area contributed by atoms with Gasteiger partial charge >= 0.3 is 0 Å². The van der Waals surface area contributed by atoms with E-state index >= 15 is 0 Å². The number of nitrogens with zero attached hydrogens (tertiary/aromatic N) is 4. The Balaban J connectivity index is 2.05. The Bertz CT molecular complexity index is 369. The van der Waals surface area contributed by atoms with Gasteiger partial charge in [-0.15, -0.1) is 5.10 Å². The molecule has 1 fully saturated rings. The van der Waals surface area contributed by atoms with Crippen LogP contribution < -0.4 is 0 Å². The fraction of sp³-hybridized carbons (Fsp3) is 0.833. The van der Waals surface area contributed by atoms with Gasteiger partial charge in [0.15, 0.2) is 0 Å². The molecule has 0 amide bonds. The van der Waals surface area contributed by atoms with Gasteiger partial charge in [-0.3, -0.25) is 4.90 Å². The predicted octanol–water partition coefficient (Wildman–Crippen LogP) is 0.442. The minimum atomic E-state index is -0.652. The highest BCUT2D eigenvalue weighted by Gasteiger charge is 2.29. The van der Waals surface area contributed by atoms with Gasteiger partial charge in [0.2, 0.25) is 0 Å². The molecule has 0 bridgehead atoms. The average Bonchev–Trinajstić information content (AvgIpc) is 2.86. The first-order chi connectivity index (χ1) is 8.76. The van der Waals surface area contributed by atoms with E-state index in [0.29, 0.717) is 6.61 Å². The van der Waals surface area contributed by atoms with Gasteiger partial charge in [0.25, 0.3) is 0 Å². The van der Waals surface area contributed by atoms with Crippen molar-refractivity contribution in [1.29, 1.82) is 0 Å². The zero-order valence-corrected chi connectivity index (χ0v) is 11.1. The maximum atomic E-state index is 10.4. The second kappa shape index (κ2) is 6.26. The van der Waals surface area contributed by atoms with E-state index in [9.17, 15) is 5.11 Å². The smallest absolute Gasteiger partial charge is 0.125 e. The number of rotatable bonds is 5. The molecular formula is C12H22N4O2. The van der Waals surface area contributed by atoms with Crippen molar-refractivity contribution in [2.24, 2.45) is 0 Å². The Morgan fingerprint density at radius 1 is 1.56 bits per heavy atom. The number of morpholine rings is 1. The summed E-state index contributed by atoms with van der Waals surface area (Å²) in [6, 6.07) is 0. The van der Waals surface area contributed by atoms with E-state index < -0.39 is 6.10 Å². The van der Waals surface area contributed by atoms with Gasteiger partial charge in [-0.25, -0.2) is 4.68 Å². The molecule has 0 radical (unpaired) electrons. The quantitative estimate of drug-likeness (QED) is 0.826. The van der Waals surface area contributed by atoms with E-state index in [1.54, 1.807) is 10.9 Å². The summed E-state index contributed by atoms with van der Waals surface area (Å²) in [5.74, 6) is 0. The van der Waals surface area contributed by atoms with Crippen LogP contribution in [0.3, 0.4) is 0 Å². The molecule has 6 heteroatoms. The SMILES string of the molecule is CCCn1nncc1C(O)C1CN(CC)CCO1. The van der Waals surface area contributed by atoms with Gasteiger partial charge in [-0.1, -0.05) is 19.1 Å². The van der Waals surface area contributed by atoms with Crippen LogP contribution in [0.1, 0.15) is 32.1 Å². The number of likely N-dealkylation sites (N-methyl/N-ethyl adjacent to an activating group) is 1. The molecule has 0 aliphatic carbocycles. The maximum absolute atomic E-state index is 10.4. The van der Waals surface area contributed by atoms with E-state index in [0.717, 1.165) is 38.3 Å². The summed E-state index contributed by atoms with van der Waals surface area (Å²) in [6.45, 7) is 8.33. The lowest BCUT2D eigenvalue weighted by molar-refractivity contribution is -0.0912. The van der Waals surface area contributed by atoms with E-state index in [-0.39, 0.29) is 6.10 Å². The number of ether oxygens (including phenoxy) is 1. The van der Waals surface area contributed by atoms with Crippen LogP contribution in [0, 0.1) is 0 Å². The molecule has 1 aromatic heterocycles. The summed E-state index contributed by atoms with van der Waals surface area (Å²) in [4.78, 5) is 2.28. The molecular weight excluding hydrogens is 232 g/mol. The van der Waals surface area contributed by atoms with Crippen molar-refractivity contribution in [2.75, 3.05) is 26.2 Å². The minimum absolute atomic E-state index is 0.187. The van der Waals surface area contributed by atoms with E-state index in [1.807, 2.05) is 0 Å². The second-order valence-corrected chi connectivity index (χ2v) is 4.63. The van der Waals surface area contributed by atoms with Gasteiger partial charge < -0.3 is 9.84 Å². The lowest BCUT2D eigenvalue weighted by Gasteiger charge is -2.34. The highest BCUT2D eigenvalue weighted by atomic mass is 16.5. The molecule has 0 spiro atoms. The van der Waals surface area contributed by atoms with Crippen LogP contribution in [-0.2, 0) is 11.3 Å². The Hall–Kier alpha value is -0.980. The molecule has 2 rings (SSSR count). The third kappa shape index (κ3) is 2.88. The average molecular weight is 254 g/mol. The first-order valence-corrected chi connectivity index (χ1v) is 6.66. The number of aliphatic hydroxyl groups is 1. The Morgan fingerprint density at radius 3 is 3.11 bits per heavy atom. The maximum Gasteiger partial charge on any atom is 0.125 e. The van der Waals surface area contributed by atoms with Crippen LogP contribution in [0.5, 0.6) is 0 Å². The molecule has 0 aromatic carbocycles. The van der Waals surface area contributed by atoms with Gasteiger partial charge in [0, 0.05) is 19.6 Å². The van der Waals surface area contributed by atoms with Crippen molar-refractivity contribution in [1.82, 2.24) is 19.9 Å². The zero-order chi connectivity index (χ0) is 13.0. The highest BCUT2D eigenvalue weighted by Crippen LogP contribution is 2.21.